The summed E-state index contributed by atoms with van der Waals surface area (Å²) < 4.78 is 22.8. The second-order valence-corrected chi connectivity index (χ2v) is 4.63. The van der Waals surface area contributed by atoms with Gasteiger partial charge in [-0.2, -0.15) is 0 Å². The van der Waals surface area contributed by atoms with E-state index in [1.54, 1.807) is 6.92 Å². The van der Waals surface area contributed by atoms with Crippen LogP contribution in [0.15, 0.2) is 0 Å². The van der Waals surface area contributed by atoms with Crippen molar-refractivity contribution >= 4 is 21.6 Å². The summed E-state index contributed by atoms with van der Waals surface area (Å²) in [7, 11) is -1.55. The van der Waals surface area contributed by atoms with Gasteiger partial charge in [-0.15, -0.1) is 11.6 Å². The highest BCUT2D eigenvalue weighted by molar-refractivity contribution is 7.88. The largest absolute Gasteiger partial charge is 0.213 e. The van der Waals surface area contributed by atoms with Crippen LogP contribution in [-0.2, 0) is 10.0 Å². The Morgan fingerprint density at radius 2 is 2.00 bits per heavy atom. The van der Waals surface area contributed by atoms with Crippen LogP contribution in [0, 0.1) is 0 Å². The van der Waals surface area contributed by atoms with Crippen LogP contribution in [0.1, 0.15) is 6.92 Å². The number of hydrogen-bond acceptors (Lipinski definition) is 2. The first-order chi connectivity index (χ1) is 4.39. The van der Waals surface area contributed by atoms with E-state index < -0.39 is 10.0 Å². The Morgan fingerprint density at radius 1 is 1.60 bits per heavy atom. The fourth-order valence-electron chi connectivity index (χ4n) is 0.424. The zero-order valence-corrected chi connectivity index (χ0v) is 7.91. The number of nitrogens with zero attached hydrogens (tertiary/aromatic N) is 1. The molecule has 0 amide bonds. The molecule has 0 fully saturated rings. The van der Waals surface area contributed by atoms with Crippen molar-refractivity contribution in [2.45, 2.75) is 13.0 Å². The first-order valence-electron chi connectivity index (χ1n) is 2.88. The molecule has 0 bridgehead atoms. The van der Waals surface area contributed by atoms with E-state index in [2.05, 4.69) is 0 Å². The van der Waals surface area contributed by atoms with E-state index in [-0.39, 0.29) is 6.04 Å². The van der Waals surface area contributed by atoms with Crippen LogP contribution in [0.2, 0.25) is 0 Å². The van der Waals surface area contributed by atoms with Gasteiger partial charge in [-0.3, -0.25) is 0 Å². The molecule has 0 radical (unpaired) electrons. The highest BCUT2D eigenvalue weighted by Crippen LogP contribution is 2.02. The summed E-state index contributed by atoms with van der Waals surface area (Å²) in [5.41, 5.74) is 0. The van der Waals surface area contributed by atoms with Gasteiger partial charge in [0.1, 0.15) is 0 Å². The third-order valence-electron chi connectivity index (χ3n) is 1.37. The monoisotopic (exact) mass is 185 g/mol. The van der Waals surface area contributed by atoms with Gasteiger partial charge in [0.15, 0.2) is 0 Å². The minimum Gasteiger partial charge on any atom is -0.213 e. The van der Waals surface area contributed by atoms with E-state index in [0.717, 1.165) is 6.26 Å². The van der Waals surface area contributed by atoms with Crippen molar-refractivity contribution in [3.05, 3.63) is 0 Å². The summed E-state index contributed by atoms with van der Waals surface area (Å²) in [5.74, 6) is 0.323. The predicted octanol–water partition coefficient (Wildman–Crippen LogP) is 0.505. The van der Waals surface area contributed by atoms with Gasteiger partial charge in [0, 0.05) is 19.0 Å². The van der Waals surface area contributed by atoms with Gasteiger partial charge in [-0.25, -0.2) is 12.7 Å². The standard InChI is InChI=1S/C5H12ClNO2S/c1-5(4-6)7(2)10(3,8)9/h5H,4H2,1-3H3. The average Bonchev–Trinajstić information content (AvgIpc) is 1.83. The molecule has 0 aromatic carbocycles. The molecule has 0 aromatic heterocycles. The lowest BCUT2D eigenvalue weighted by molar-refractivity contribution is 0.417. The molecule has 0 saturated heterocycles. The number of sulfonamides is 1. The first kappa shape index (κ1) is 10.2. The van der Waals surface area contributed by atoms with Crippen molar-refractivity contribution < 1.29 is 8.42 Å². The van der Waals surface area contributed by atoms with Crippen molar-refractivity contribution in [2.75, 3.05) is 19.2 Å². The highest BCUT2D eigenvalue weighted by atomic mass is 35.5. The number of rotatable bonds is 3. The molecule has 3 nitrogen and oxygen atoms in total. The van der Waals surface area contributed by atoms with Gasteiger partial charge in [-0.1, -0.05) is 0 Å². The van der Waals surface area contributed by atoms with Gasteiger partial charge in [0.05, 0.1) is 6.26 Å². The Labute approximate surface area is 67.0 Å². The van der Waals surface area contributed by atoms with Gasteiger partial charge in [-0.05, 0) is 6.92 Å². The summed E-state index contributed by atoms with van der Waals surface area (Å²) in [6, 6.07) is -0.128. The average molecular weight is 186 g/mol. The zero-order valence-electron chi connectivity index (χ0n) is 6.33. The molecular formula is C5H12ClNO2S. The molecule has 1 atom stereocenters. The van der Waals surface area contributed by atoms with Crippen molar-refractivity contribution in [2.24, 2.45) is 0 Å². The van der Waals surface area contributed by atoms with Crippen molar-refractivity contribution in [1.29, 1.82) is 0 Å². The molecule has 0 aliphatic heterocycles. The molecule has 0 rings (SSSR count). The Balaban J connectivity index is 4.23. The molecule has 5 heteroatoms. The first-order valence-corrected chi connectivity index (χ1v) is 5.27. The maximum atomic E-state index is 10.8. The summed E-state index contributed by atoms with van der Waals surface area (Å²) in [6.07, 6.45) is 1.16. The molecule has 0 saturated carbocycles. The molecule has 0 aliphatic rings. The van der Waals surface area contributed by atoms with Crippen molar-refractivity contribution in [3.63, 3.8) is 0 Å². The Hall–Kier alpha value is 0.200. The quantitative estimate of drug-likeness (QED) is 0.601. The number of halogens is 1. The van der Waals surface area contributed by atoms with Crippen LogP contribution in [0.3, 0.4) is 0 Å². The molecule has 0 aliphatic carbocycles. The molecule has 0 heterocycles. The maximum absolute atomic E-state index is 10.8. The lowest BCUT2D eigenvalue weighted by atomic mass is 10.4. The Morgan fingerprint density at radius 3 is 2.10 bits per heavy atom. The van der Waals surface area contributed by atoms with E-state index >= 15 is 0 Å². The second kappa shape index (κ2) is 3.55. The van der Waals surface area contributed by atoms with Crippen LogP contribution in [0.25, 0.3) is 0 Å². The summed E-state index contributed by atoms with van der Waals surface area (Å²) in [6.45, 7) is 1.76. The van der Waals surface area contributed by atoms with Gasteiger partial charge >= 0.3 is 0 Å². The fourth-order valence-corrected chi connectivity index (χ4v) is 1.44. The maximum Gasteiger partial charge on any atom is 0.211 e. The van der Waals surface area contributed by atoms with Gasteiger partial charge in [0.2, 0.25) is 10.0 Å². The SMILES string of the molecule is CC(CCl)N(C)S(C)(=O)=O. The van der Waals surface area contributed by atoms with Gasteiger partial charge in [0.25, 0.3) is 0 Å². The van der Waals surface area contributed by atoms with E-state index in [0.29, 0.717) is 5.88 Å². The fraction of sp³-hybridized carbons (Fsp3) is 1.00. The molecular weight excluding hydrogens is 174 g/mol. The smallest absolute Gasteiger partial charge is 0.211 e. The summed E-state index contributed by atoms with van der Waals surface area (Å²) in [4.78, 5) is 0. The lowest BCUT2D eigenvalue weighted by Gasteiger charge is -2.19. The number of alkyl halides is 1. The highest BCUT2D eigenvalue weighted by Gasteiger charge is 2.16. The molecule has 0 N–H and O–H groups in total. The predicted molar refractivity (Wildman–Crippen MR) is 42.8 cm³/mol. The summed E-state index contributed by atoms with van der Waals surface area (Å²) in [5, 5.41) is 0. The normalized spacial score (nSPS) is 15.7. The minimum atomic E-state index is -3.07. The van der Waals surface area contributed by atoms with Crippen LogP contribution >= 0.6 is 11.6 Å². The van der Waals surface area contributed by atoms with Crippen LogP contribution in [0.4, 0.5) is 0 Å². The van der Waals surface area contributed by atoms with E-state index in [1.165, 1.54) is 11.4 Å². The molecule has 62 valence electrons. The zero-order chi connectivity index (χ0) is 8.36. The van der Waals surface area contributed by atoms with Crippen LogP contribution in [-0.4, -0.2) is 37.9 Å². The third-order valence-corrected chi connectivity index (χ3v) is 3.22. The molecule has 10 heavy (non-hydrogen) atoms. The van der Waals surface area contributed by atoms with E-state index in [1.807, 2.05) is 0 Å². The third kappa shape index (κ3) is 2.86. The molecule has 1 unspecified atom stereocenters. The van der Waals surface area contributed by atoms with Crippen LogP contribution < -0.4 is 0 Å². The molecule has 0 aromatic rings. The van der Waals surface area contributed by atoms with Gasteiger partial charge < -0.3 is 0 Å². The Bertz CT molecular complexity index is 190. The van der Waals surface area contributed by atoms with Crippen molar-refractivity contribution in [1.82, 2.24) is 4.31 Å². The van der Waals surface area contributed by atoms with Crippen LogP contribution in [0.5, 0.6) is 0 Å². The van der Waals surface area contributed by atoms with E-state index in [9.17, 15) is 8.42 Å². The topological polar surface area (TPSA) is 37.4 Å². The Kier molecular flexibility index (Phi) is 3.62. The van der Waals surface area contributed by atoms with Crippen molar-refractivity contribution in [3.8, 4) is 0 Å². The second-order valence-electron chi connectivity index (χ2n) is 2.28. The number of hydrogen-bond donors (Lipinski definition) is 0. The lowest BCUT2D eigenvalue weighted by Crippen LogP contribution is -2.35. The summed E-state index contributed by atoms with van der Waals surface area (Å²) >= 11 is 5.45. The molecule has 0 spiro atoms. The minimum absolute atomic E-state index is 0.128. The van der Waals surface area contributed by atoms with E-state index in [4.69, 9.17) is 11.6 Å².